The quantitative estimate of drug-likeness (QED) is 0.451. The van der Waals surface area contributed by atoms with Crippen LogP contribution in [-0.4, -0.2) is 37.8 Å². The maximum atomic E-state index is 13.3. The Morgan fingerprint density at radius 2 is 1.67 bits per heavy atom. The molecule has 30 heavy (non-hydrogen) atoms. The predicted octanol–water partition coefficient (Wildman–Crippen LogP) is 4.83. The zero-order chi connectivity index (χ0) is 21.3. The molecule has 1 aliphatic rings. The smallest absolute Gasteiger partial charge is 0.335 e. The van der Waals surface area contributed by atoms with Crippen LogP contribution in [0.4, 0.5) is 11.4 Å². The van der Waals surface area contributed by atoms with Crippen LogP contribution in [0.5, 0.6) is 5.75 Å². The van der Waals surface area contributed by atoms with Crippen molar-refractivity contribution in [2.24, 2.45) is 0 Å². The lowest BCUT2D eigenvalue weighted by Gasteiger charge is -2.30. The van der Waals surface area contributed by atoms with E-state index in [4.69, 9.17) is 14.6 Å². The van der Waals surface area contributed by atoms with Crippen LogP contribution < -0.4 is 9.64 Å². The van der Waals surface area contributed by atoms with Gasteiger partial charge >= 0.3 is 5.97 Å². The van der Waals surface area contributed by atoms with Gasteiger partial charge in [-0.15, -0.1) is 0 Å². The minimum Gasteiger partial charge on any atom is -0.478 e. The molecule has 3 aromatic carbocycles. The molecule has 0 saturated heterocycles. The van der Waals surface area contributed by atoms with Crippen LogP contribution in [0.2, 0.25) is 0 Å². The van der Waals surface area contributed by atoms with E-state index < -0.39 is 5.97 Å². The van der Waals surface area contributed by atoms with E-state index in [9.17, 15) is 9.59 Å². The lowest BCUT2D eigenvalue weighted by molar-refractivity contribution is 0.0502. The number of ketones is 1. The third-order valence-electron chi connectivity index (χ3n) is 4.84. The van der Waals surface area contributed by atoms with Crippen LogP contribution in [0.25, 0.3) is 0 Å². The second-order valence-electron chi connectivity index (χ2n) is 6.71. The van der Waals surface area contributed by atoms with Crippen molar-refractivity contribution in [3.63, 3.8) is 0 Å². The minimum absolute atomic E-state index is 0.00805. The summed E-state index contributed by atoms with van der Waals surface area (Å²) in [6.07, 6.45) is 0. The van der Waals surface area contributed by atoms with E-state index >= 15 is 0 Å². The molecule has 0 radical (unpaired) electrons. The highest BCUT2D eigenvalue weighted by Crippen LogP contribution is 2.49. The number of anilines is 2. The fourth-order valence-electron chi connectivity index (χ4n) is 3.30. The highest BCUT2D eigenvalue weighted by atomic mass is 32.2. The molecule has 4 rings (SSSR count). The van der Waals surface area contributed by atoms with Crippen molar-refractivity contribution in [1.82, 2.24) is 0 Å². The summed E-state index contributed by atoms with van der Waals surface area (Å²) in [6.45, 7) is 0.00805. The minimum atomic E-state index is -1.04. The van der Waals surface area contributed by atoms with Crippen molar-refractivity contribution in [3.05, 3.63) is 77.4 Å². The first-order chi connectivity index (χ1) is 14.5. The fourth-order valence-corrected chi connectivity index (χ4v) is 4.46. The summed E-state index contributed by atoms with van der Waals surface area (Å²) in [5, 5.41) is 9.09. The Kier molecular flexibility index (Phi) is 5.48. The summed E-state index contributed by atoms with van der Waals surface area (Å²) in [5.41, 5.74) is 2.86. The number of ether oxygens (including phenoxy) is 2. The first-order valence-electron chi connectivity index (χ1n) is 9.18. The number of rotatable bonds is 6. The van der Waals surface area contributed by atoms with Gasteiger partial charge in [0.1, 0.15) is 5.75 Å². The zero-order valence-corrected chi connectivity index (χ0v) is 17.2. The average Bonchev–Trinajstić information content (AvgIpc) is 2.77. The zero-order valence-electron chi connectivity index (χ0n) is 16.4. The number of para-hydroxylation sites is 1. The van der Waals surface area contributed by atoms with Gasteiger partial charge in [-0.05, 0) is 36.4 Å². The Bertz CT molecular complexity index is 1130. The monoisotopic (exact) mass is 421 g/mol. The Hall–Kier alpha value is -3.29. The summed E-state index contributed by atoms with van der Waals surface area (Å²) in [7, 11) is 3.48. The second kappa shape index (κ2) is 8.22. The van der Waals surface area contributed by atoms with Crippen LogP contribution in [0.1, 0.15) is 26.3 Å². The topological polar surface area (TPSA) is 76.1 Å². The number of fused-ring (bicyclic) bond motifs is 2. The first kappa shape index (κ1) is 20.0. The van der Waals surface area contributed by atoms with Gasteiger partial charge in [0, 0.05) is 29.5 Å². The molecule has 6 nitrogen and oxygen atoms in total. The van der Waals surface area contributed by atoms with Crippen molar-refractivity contribution in [3.8, 4) is 5.75 Å². The molecule has 0 aromatic heterocycles. The van der Waals surface area contributed by atoms with Gasteiger partial charge in [0.2, 0.25) is 0 Å². The summed E-state index contributed by atoms with van der Waals surface area (Å²) < 4.78 is 10.7. The molecule has 152 valence electrons. The van der Waals surface area contributed by atoms with Crippen LogP contribution in [0, 0.1) is 0 Å². The van der Waals surface area contributed by atoms with Crippen molar-refractivity contribution in [2.75, 3.05) is 25.9 Å². The van der Waals surface area contributed by atoms with E-state index in [0.29, 0.717) is 16.9 Å². The van der Waals surface area contributed by atoms with Crippen LogP contribution in [0.3, 0.4) is 0 Å². The van der Waals surface area contributed by atoms with Crippen molar-refractivity contribution in [1.29, 1.82) is 0 Å². The molecular weight excluding hydrogens is 402 g/mol. The van der Waals surface area contributed by atoms with Crippen LogP contribution in [0.15, 0.2) is 70.5 Å². The fraction of sp³-hybridized carbons (Fsp3) is 0.130. The lowest BCUT2D eigenvalue weighted by atomic mass is 10.00. The van der Waals surface area contributed by atoms with Gasteiger partial charge < -0.3 is 19.5 Å². The molecule has 7 heteroatoms. The number of carbonyl (C=O) groups is 2. The molecular formula is C23H19NO5S. The SMILES string of the molecule is COCOc1cc2c(cc1C(=O)c1ccc(C(=O)O)cc1)N(C)c1ccccc1S2. The standard InChI is InChI=1S/C23H19NO5S/c1-24-17-5-3-4-6-20(17)30-21-12-19(29-13-28-2)16(11-18(21)24)22(25)14-7-9-15(10-8-14)23(26)27/h3-12H,13H2,1-2H3,(H,26,27). The van der Waals surface area contributed by atoms with E-state index in [1.54, 1.807) is 11.8 Å². The van der Waals surface area contributed by atoms with E-state index in [-0.39, 0.29) is 18.1 Å². The van der Waals surface area contributed by atoms with Crippen molar-refractivity contribution < 1.29 is 24.2 Å². The molecule has 0 bridgehead atoms. The molecule has 1 heterocycles. The maximum Gasteiger partial charge on any atom is 0.335 e. The van der Waals surface area contributed by atoms with Crippen LogP contribution >= 0.6 is 11.8 Å². The van der Waals surface area contributed by atoms with Gasteiger partial charge in [0.15, 0.2) is 12.6 Å². The molecule has 0 fully saturated rings. The number of carbonyl (C=O) groups excluding carboxylic acids is 1. The summed E-state index contributed by atoms with van der Waals surface area (Å²) in [6, 6.07) is 17.6. The third kappa shape index (κ3) is 3.65. The van der Waals surface area contributed by atoms with E-state index in [1.165, 1.54) is 31.4 Å². The number of hydrogen-bond acceptors (Lipinski definition) is 6. The Morgan fingerprint density at radius 3 is 2.37 bits per heavy atom. The molecule has 3 aromatic rings. The number of hydrogen-bond donors (Lipinski definition) is 1. The maximum absolute atomic E-state index is 13.3. The number of aromatic carboxylic acids is 1. The molecule has 0 aliphatic carbocycles. The number of carboxylic acid groups (broad SMARTS) is 1. The van der Waals surface area contributed by atoms with Gasteiger partial charge in [-0.1, -0.05) is 36.0 Å². The molecule has 0 unspecified atom stereocenters. The van der Waals surface area contributed by atoms with Crippen molar-refractivity contribution in [2.45, 2.75) is 9.79 Å². The molecule has 0 amide bonds. The molecule has 1 aliphatic heterocycles. The van der Waals surface area contributed by atoms with Gasteiger partial charge in [0.05, 0.1) is 22.5 Å². The average molecular weight is 421 g/mol. The lowest BCUT2D eigenvalue weighted by Crippen LogP contribution is -2.16. The van der Waals surface area contributed by atoms with Gasteiger partial charge in [-0.3, -0.25) is 4.79 Å². The summed E-state index contributed by atoms with van der Waals surface area (Å²) in [4.78, 5) is 28.5. The Balaban J connectivity index is 1.78. The summed E-state index contributed by atoms with van der Waals surface area (Å²) in [5.74, 6) is -0.870. The van der Waals surface area contributed by atoms with E-state index in [2.05, 4.69) is 6.07 Å². The normalized spacial score (nSPS) is 12.1. The highest BCUT2D eigenvalue weighted by Gasteiger charge is 2.25. The van der Waals surface area contributed by atoms with E-state index in [1.807, 2.05) is 42.3 Å². The Labute approximate surface area is 178 Å². The highest BCUT2D eigenvalue weighted by molar-refractivity contribution is 7.99. The largest absolute Gasteiger partial charge is 0.478 e. The van der Waals surface area contributed by atoms with Gasteiger partial charge in [-0.25, -0.2) is 4.79 Å². The molecule has 0 saturated carbocycles. The number of carboxylic acids is 1. The number of methoxy groups -OCH3 is 1. The number of nitrogens with zero attached hydrogens (tertiary/aromatic N) is 1. The Morgan fingerprint density at radius 1 is 0.967 bits per heavy atom. The first-order valence-corrected chi connectivity index (χ1v) is 9.99. The predicted molar refractivity (Wildman–Crippen MR) is 114 cm³/mol. The molecule has 0 spiro atoms. The van der Waals surface area contributed by atoms with Gasteiger partial charge in [-0.2, -0.15) is 0 Å². The van der Waals surface area contributed by atoms with Gasteiger partial charge in [0.25, 0.3) is 0 Å². The van der Waals surface area contributed by atoms with E-state index in [0.717, 1.165) is 21.2 Å². The third-order valence-corrected chi connectivity index (χ3v) is 5.95. The second-order valence-corrected chi connectivity index (χ2v) is 7.79. The molecule has 1 N–H and O–H groups in total. The van der Waals surface area contributed by atoms with Crippen LogP contribution in [-0.2, 0) is 4.74 Å². The molecule has 0 atom stereocenters. The van der Waals surface area contributed by atoms with Crippen molar-refractivity contribution >= 4 is 34.9 Å². The number of benzene rings is 3. The summed E-state index contributed by atoms with van der Waals surface area (Å²) >= 11 is 1.62.